The van der Waals surface area contributed by atoms with Crippen molar-refractivity contribution in [2.24, 2.45) is 14.1 Å². The largest absolute Gasteiger partial charge is 0.870 e. The van der Waals surface area contributed by atoms with Gasteiger partial charge in [0, 0.05) is 36.6 Å². The number of unbranched alkanes of at least 4 members (excludes halogenated alkanes) is 4. The van der Waals surface area contributed by atoms with Crippen molar-refractivity contribution in [3.8, 4) is 0 Å². The van der Waals surface area contributed by atoms with Gasteiger partial charge in [0.25, 0.3) is 11.8 Å². The van der Waals surface area contributed by atoms with Gasteiger partial charge in [-0.05, 0) is 44.4 Å². The van der Waals surface area contributed by atoms with Crippen molar-refractivity contribution in [3.63, 3.8) is 0 Å². The highest BCUT2D eigenvalue weighted by molar-refractivity contribution is 6.07. The summed E-state index contributed by atoms with van der Waals surface area (Å²) in [5.41, 5.74) is -4.44. The maximum absolute atomic E-state index is 14.1. The van der Waals surface area contributed by atoms with Crippen LogP contribution in [0.25, 0.3) is 5.57 Å². The molecule has 0 fully saturated rings. The first-order valence-corrected chi connectivity index (χ1v) is 17.5. The van der Waals surface area contributed by atoms with Crippen LogP contribution in [0.4, 0.5) is 46.5 Å². The number of allylic oxidation sites excluding steroid dienone is 2. The molecule has 308 valence electrons. The van der Waals surface area contributed by atoms with Gasteiger partial charge in [-0.15, -0.1) is 0 Å². The Morgan fingerprint density at radius 1 is 0.750 bits per heavy atom. The van der Waals surface area contributed by atoms with Gasteiger partial charge >= 0.3 is 12.4 Å². The number of amides is 2. The fourth-order valence-corrected chi connectivity index (χ4v) is 5.66. The fraction of sp³-hybridized carbons (Fsp3) is 0.421. The molecule has 56 heavy (non-hydrogen) atoms. The molecule has 2 heterocycles. The number of nitrogens with one attached hydrogen (secondary N) is 2. The Bertz CT molecular complexity index is 1980. The van der Waals surface area contributed by atoms with Crippen LogP contribution in [0.1, 0.15) is 116 Å². The first kappa shape index (κ1) is 47.1. The maximum atomic E-state index is 14.1. The van der Waals surface area contributed by atoms with E-state index < -0.39 is 64.2 Å². The molecule has 0 aliphatic carbocycles. The lowest BCUT2D eigenvalue weighted by atomic mass is 9.89. The summed E-state index contributed by atoms with van der Waals surface area (Å²) in [6.45, 7) is 7.51. The van der Waals surface area contributed by atoms with Crippen LogP contribution in [0.3, 0.4) is 0 Å². The maximum Gasteiger partial charge on any atom is 0.436 e. The summed E-state index contributed by atoms with van der Waals surface area (Å²) in [5.74, 6) is -5.21. The standard InChI is InChI=1S/C19H23F4N3O2.C19H21F4N3O.H2O/c1-4-5-8-11-18(2,28)12-9-6-7-10-13(12)24-17(27)14-15(19(21,22)23)25-26(3)16(14)20;1-4-5-6-9-12(2)13-10-7-8-11-14(13)24-18(27)15-16(19(21,22)23)25-26(3)17(15)20;/h6-7,9-10,28H,4-5,8,11H2,1-3H3,(H,24,27);7-11H,4-6H2,1-3H3,(H,24,27);1H2/p-1. The number of aryl methyl sites for hydroxylation is 2. The number of alkyl halides is 6. The predicted molar refractivity (Wildman–Crippen MR) is 194 cm³/mol. The second kappa shape index (κ2) is 19.7. The first-order chi connectivity index (χ1) is 25.6. The molecule has 0 aliphatic heterocycles. The first-order valence-electron chi connectivity index (χ1n) is 17.5. The van der Waals surface area contributed by atoms with Crippen molar-refractivity contribution < 1.29 is 55.3 Å². The summed E-state index contributed by atoms with van der Waals surface area (Å²) >= 11 is 0. The minimum Gasteiger partial charge on any atom is -0.870 e. The highest BCUT2D eigenvalue weighted by atomic mass is 19.4. The van der Waals surface area contributed by atoms with Crippen LogP contribution in [0, 0.1) is 11.9 Å². The highest BCUT2D eigenvalue weighted by Gasteiger charge is 2.43. The second-order valence-corrected chi connectivity index (χ2v) is 13.0. The molecule has 4 rings (SSSR count). The fourth-order valence-electron chi connectivity index (χ4n) is 5.66. The van der Waals surface area contributed by atoms with Gasteiger partial charge in [-0.3, -0.25) is 9.59 Å². The molecule has 10 nitrogen and oxygen atoms in total. The predicted octanol–water partition coefficient (Wildman–Crippen LogP) is 9.87. The van der Waals surface area contributed by atoms with Crippen LogP contribution >= 0.6 is 0 Å². The monoisotopic (exact) mass is 801 g/mol. The Labute approximate surface area is 318 Å². The number of hydrogen-bond acceptors (Lipinski definition) is 6. The summed E-state index contributed by atoms with van der Waals surface area (Å²) in [4.78, 5) is 24.9. The number of rotatable bonds is 13. The zero-order valence-corrected chi connectivity index (χ0v) is 31.7. The Morgan fingerprint density at radius 3 is 1.68 bits per heavy atom. The lowest BCUT2D eigenvalue weighted by Gasteiger charge is -2.26. The molecule has 4 N–H and O–H groups in total. The third kappa shape index (κ3) is 11.7. The van der Waals surface area contributed by atoms with Crippen LogP contribution in [-0.2, 0) is 32.0 Å². The number of aromatic nitrogens is 4. The van der Waals surface area contributed by atoms with E-state index in [-0.39, 0.29) is 11.2 Å². The van der Waals surface area contributed by atoms with Crippen molar-refractivity contribution in [2.45, 2.75) is 90.6 Å². The smallest absolute Gasteiger partial charge is 0.436 e. The van der Waals surface area contributed by atoms with Crippen molar-refractivity contribution >= 4 is 28.8 Å². The summed E-state index contributed by atoms with van der Waals surface area (Å²) < 4.78 is 108. The summed E-state index contributed by atoms with van der Waals surface area (Å²) in [5, 5.41) is 21.7. The molecule has 2 amide bonds. The molecule has 0 spiro atoms. The SMILES string of the molecule is CCCCC=C(C)c1ccccc1NC(=O)c1c(C(F)(F)F)nn(C)c1F.CCCCCC(C)(O)c1ccccc1NC(=O)c1c(C(F)(F)F)nn(C)c1F.[OH-]. The number of halogens is 8. The van der Waals surface area contributed by atoms with Crippen LogP contribution in [0.2, 0.25) is 0 Å². The number of anilines is 2. The average Bonchev–Trinajstić information content (AvgIpc) is 3.59. The van der Waals surface area contributed by atoms with E-state index in [1.54, 1.807) is 49.4 Å². The van der Waals surface area contributed by atoms with Crippen LogP contribution in [-0.4, -0.2) is 42.0 Å². The second-order valence-electron chi connectivity index (χ2n) is 13.0. The third-order valence-corrected chi connectivity index (χ3v) is 8.58. The van der Waals surface area contributed by atoms with E-state index in [1.807, 2.05) is 19.9 Å². The number of aliphatic hydroxyl groups is 1. The molecule has 0 aliphatic rings. The molecule has 1 atom stereocenters. The van der Waals surface area contributed by atoms with E-state index in [2.05, 4.69) is 27.8 Å². The number of hydrogen-bond donors (Lipinski definition) is 3. The molecule has 0 bridgehead atoms. The Hall–Kier alpha value is -5.10. The third-order valence-electron chi connectivity index (χ3n) is 8.58. The van der Waals surface area contributed by atoms with Crippen molar-refractivity contribution in [1.29, 1.82) is 0 Å². The van der Waals surface area contributed by atoms with E-state index in [1.165, 1.54) is 6.07 Å². The van der Waals surface area contributed by atoms with E-state index in [9.17, 15) is 49.8 Å². The number of benzene rings is 2. The number of carbonyl (C=O) groups is 2. The molecule has 0 radical (unpaired) electrons. The quantitative estimate of drug-likeness (QED) is 0.0907. The van der Waals surface area contributed by atoms with Gasteiger partial charge in [-0.1, -0.05) is 88.4 Å². The number of carbonyl (C=O) groups excluding carboxylic acids is 2. The Balaban J connectivity index is 0.000000380. The van der Waals surface area contributed by atoms with Gasteiger partial charge in [0.2, 0.25) is 11.9 Å². The van der Waals surface area contributed by atoms with Gasteiger partial charge in [0.15, 0.2) is 11.4 Å². The normalized spacial score (nSPS) is 12.9. The molecule has 0 saturated carbocycles. The molecule has 0 saturated heterocycles. The summed E-state index contributed by atoms with van der Waals surface area (Å²) in [6.07, 6.45) is -2.05. The van der Waals surface area contributed by atoms with Crippen LogP contribution in [0.15, 0.2) is 54.6 Å². The van der Waals surface area contributed by atoms with Crippen molar-refractivity contribution in [1.82, 2.24) is 19.6 Å². The molecule has 2 aromatic heterocycles. The highest BCUT2D eigenvalue weighted by Crippen LogP contribution is 2.36. The van der Waals surface area contributed by atoms with Crippen LogP contribution < -0.4 is 10.6 Å². The zero-order valence-electron chi connectivity index (χ0n) is 31.7. The van der Waals surface area contributed by atoms with E-state index in [0.29, 0.717) is 32.6 Å². The van der Waals surface area contributed by atoms with E-state index >= 15 is 0 Å². The van der Waals surface area contributed by atoms with Crippen molar-refractivity contribution in [2.75, 3.05) is 10.6 Å². The van der Waals surface area contributed by atoms with E-state index in [4.69, 9.17) is 0 Å². The summed E-state index contributed by atoms with van der Waals surface area (Å²) in [7, 11) is 1.99. The minimum atomic E-state index is -4.99. The topological polar surface area (TPSA) is 144 Å². The number of para-hydroxylation sites is 2. The zero-order chi connectivity index (χ0) is 41.3. The molecular weight excluding hydrogens is 756 g/mol. The lowest BCUT2D eigenvalue weighted by molar-refractivity contribution is -0.142. The Morgan fingerprint density at radius 2 is 1.20 bits per heavy atom. The molecule has 4 aromatic rings. The minimum absolute atomic E-state index is 0. The molecular formula is C38H45F8N6O4-. The molecule has 18 heteroatoms. The molecule has 2 aromatic carbocycles. The average molecular weight is 802 g/mol. The Kier molecular flexibility index (Phi) is 16.5. The van der Waals surface area contributed by atoms with Gasteiger partial charge < -0.3 is 21.2 Å². The molecule has 1 unspecified atom stereocenters. The summed E-state index contributed by atoms with van der Waals surface area (Å²) in [6, 6.07) is 12.9. The van der Waals surface area contributed by atoms with Gasteiger partial charge in [0.1, 0.15) is 11.1 Å². The van der Waals surface area contributed by atoms with Gasteiger partial charge in [-0.25, -0.2) is 9.36 Å². The van der Waals surface area contributed by atoms with Gasteiger partial charge in [0.05, 0.1) is 5.60 Å². The van der Waals surface area contributed by atoms with E-state index in [0.717, 1.165) is 58.2 Å². The van der Waals surface area contributed by atoms with Gasteiger partial charge in [-0.2, -0.15) is 45.3 Å². The number of nitrogens with zero attached hydrogens (tertiary/aromatic N) is 4. The lowest BCUT2D eigenvalue weighted by Crippen LogP contribution is -2.25. The van der Waals surface area contributed by atoms with Crippen molar-refractivity contribution in [3.05, 3.63) is 100 Å². The van der Waals surface area contributed by atoms with Crippen LogP contribution in [0.5, 0.6) is 0 Å².